The molecule has 3 N–H and O–H groups in total. The van der Waals surface area contributed by atoms with Crippen LogP contribution in [0.5, 0.6) is 0 Å². The second kappa shape index (κ2) is 13.1. The topological polar surface area (TPSA) is 97.0 Å². The molecule has 0 unspecified atom stereocenters. The first kappa shape index (κ1) is 28.5. The third kappa shape index (κ3) is 6.41. The Morgan fingerprint density at radius 3 is 1.78 bits per heavy atom. The van der Waals surface area contributed by atoms with Crippen LogP contribution in [0.1, 0.15) is 88.8 Å². The fraction of sp³-hybridized carbons (Fsp3) is 0.719. The first-order valence-corrected chi connectivity index (χ1v) is 16.3. The second-order valence-electron chi connectivity index (χ2n) is 12.9. The minimum atomic E-state index is 0. The predicted octanol–water partition coefficient (Wildman–Crippen LogP) is 3.99. The Balaban J connectivity index is 0.000000179. The number of nitrogens with zero attached hydrogens (tertiary/aromatic N) is 3. The highest BCUT2D eigenvalue weighted by molar-refractivity contribution is 5.97. The molecule has 4 aliphatic heterocycles. The third-order valence-electron chi connectivity index (χ3n) is 10.4. The van der Waals surface area contributed by atoms with Crippen molar-refractivity contribution in [2.45, 2.75) is 113 Å². The van der Waals surface area contributed by atoms with Crippen LogP contribution in [0.3, 0.4) is 0 Å². The summed E-state index contributed by atoms with van der Waals surface area (Å²) in [5.41, 5.74) is 0.786. The molecule has 4 atom stereocenters. The van der Waals surface area contributed by atoms with Crippen molar-refractivity contribution < 1.29 is 15.8 Å². The predicted molar refractivity (Wildman–Crippen MR) is 161 cm³/mol. The van der Waals surface area contributed by atoms with Crippen LogP contribution in [0.25, 0.3) is 0 Å². The van der Waals surface area contributed by atoms with E-state index in [4.69, 9.17) is 0 Å². The van der Waals surface area contributed by atoms with Crippen molar-refractivity contribution in [3.05, 3.63) is 35.9 Å². The van der Waals surface area contributed by atoms with Gasteiger partial charge in [-0.3, -0.25) is 9.69 Å². The summed E-state index contributed by atoms with van der Waals surface area (Å²) >= 11 is 0. The van der Waals surface area contributed by atoms with Crippen LogP contribution < -0.4 is 16.0 Å². The fourth-order valence-electron chi connectivity index (χ4n) is 8.22. The number of carbonyl (C=O) groups excluding carboxylic acids is 3. The highest BCUT2D eigenvalue weighted by atomic mass is 16.2. The molecule has 4 saturated heterocycles. The molecule has 9 nitrogen and oxygen atoms in total. The number of likely N-dealkylation sites (tertiary alicyclic amines) is 1. The van der Waals surface area contributed by atoms with E-state index in [1.54, 1.807) is 0 Å². The number of benzene rings is 1. The van der Waals surface area contributed by atoms with Crippen LogP contribution in [0.2, 0.25) is 0 Å². The fourth-order valence-corrected chi connectivity index (χ4v) is 8.22. The molecule has 7 rings (SSSR count). The molecule has 0 aromatic heterocycles. The van der Waals surface area contributed by atoms with Crippen LogP contribution in [0.15, 0.2) is 30.3 Å². The van der Waals surface area contributed by atoms with Gasteiger partial charge in [0.15, 0.2) is 5.78 Å². The number of amides is 4. The van der Waals surface area contributed by atoms with Crippen molar-refractivity contribution in [1.29, 1.82) is 0 Å². The first-order chi connectivity index (χ1) is 20.1. The van der Waals surface area contributed by atoms with Crippen molar-refractivity contribution in [2.24, 2.45) is 0 Å². The summed E-state index contributed by atoms with van der Waals surface area (Å²) in [7, 11) is 0. The van der Waals surface area contributed by atoms with E-state index in [0.29, 0.717) is 42.8 Å². The SMILES string of the molecule is O=C(CN1CCC(N2C(=O)N[C@@H]3CCCC[C@@H]32)CC1)c1ccccc1.O=C1N[C@@H]2CCCC[C@@H]2N1C1CCNCC1.[HH]. The number of hydrogen-bond donors (Lipinski definition) is 3. The summed E-state index contributed by atoms with van der Waals surface area (Å²) in [6, 6.07) is 12.3. The number of ketones is 1. The number of nitrogens with one attached hydrogen (secondary N) is 3. The lowest BCUT2D eigenvalue weighted by Crippen LogP contribution is -2.50. The zero-order valence-corrected chi connectivity index (χ0v) is 24.4. The largest absolute Gasteiger partial charge is 0.333 e. The van der Waals surface area contributed by atoms with Gasteiger partial charge in [-0.1, -0.05) is 56.0 Å². The molecule has 6 fully saturated rings. The highest BCUT2D eigenvalue weighted by Crippen LogP contribution is 2.33. The van der Waals surface area contributed by atoms with Gasteiger partial charge < -0.3 is 25.8 Å². The number of Topliss-reactive ketones (excluding diaryl/α,β-unsaturated/α-hetero) is 1. The van der Waals surface area contributed by atoms with Gasteiger partial charge in [0.1, 0.15) is 0 Å². The average Bonchev–Trinajstić information content (AvgIpc) is 3.54. The lowest BCUT2D eigenvalue weighted by Gasteiger charge is -2.40. The lowest BCUT2D eigenvalue weighted by molar-refractivity contribution is 0.0813. The standard InChI is InChI=1S/C20H27N3O2.C12H21N3O.H2/c24-19(15-6-2-1-3-7-15)14-22-12-10-16(11-13-22)23-18-9-5-4-8-17(18)21-20(23)25;16-12-14-10-3-1-2-4-11(10)15(12)9-5-7-13-8-6-9;/h1-3,6-7,16-18H,4-5,8-14H2,(H,21,25);9-11,13H,1-8H2,(H,14,16);1H/t17-,18+;10-,11+;/m11./s1. The third-order valence-corrected chi connectivity index (χ3v) is 10.4. The Morgan fingerprint density at radius 1 is 0.707 bits per heavy atom. The average molecular weight is 567 g/mol. The van der Waals surface area contributed by atoms with E-state index < -0.39 is 0 Å². The molecule has 41 heavy (non-hydrogen) atoms. The van der Waals surface area contributed by atoms with Crippen LogP contribution in [-0.4, -0.2) is 102 Å². The molecular weight excluding hydrogens is 516 g/mol. The number of rotatable bonds is 5. The summed E-state index contributed by atoms with van der Waals surface area (Å²) < 4.78 is 0. The van der Waals surface area contributed by atoms with Gasteiger partial charge in [-0.05, 0) is 64.5 Å². The summed E-state index contributed by atoms with van der Waals surface area (Å²) in [6.07, 6.45) is 13.9. The van der Waals surface area contributed by atoms with Crippen molar-refractivity contribution in [3.63, 3.8) is 0 Å². The summed E-state index contributed by atoms with van der Waals surface area (Å²) in [5.74, 6) is 0.185. The number of piperidine rings is 2. The van der Waals surface area contributed by atoms with Crippen LogP contribution >= 0.6 is 0 Å². The first-order valence-electron chi connectivity index (χ1n) is 16.3. The minimum Gasteiger partial charge on any atom is -0.333 e. The minimum absolute atomic E-state index is 0. The van der Waals surface area contributed by atoms with Crippen molar-refractivity contribution >= 4 is 17.8 Å². The maximum Gasteiger partial charge on any atom is 0.318 e. The number of hydrogen-bond acceptors (Lipinski definition) is 5. The van der Waals surface area contributed by atoms with E-state index in [2.05, 4.69) is 30.7 Å². The Labute approximate surface area is 246 Å². The van der Waals surface area contributed by atoms with E-state index in [0.717, 1.165) is 70.3 Å². The summed E-state index contributed by atoms with van der Waals surface area (Å²) in [4.78, 5) is 43.4. The molecule has 2 saturated carbocycles. The van der Waals surface area contributed by atoms with Gasteiger partial charge in [-0.15, -0.1) is 0 Å². The smallest absolute Gasteiger partial charge is 0.318 e. The molecule has 6 aliphatic rings. The Bertz CT molecular complexity index is 1060. The molecule has 1 aromatic carbocycles. The maximum atomic E-state index is 12.4. The second-order valence-corrected chi connectivity index (χ2v) is 12.9. The molecule has 4 heterocycles. The van der Waals surface area contributed by atoms with Gasteiger partial charge >= 0.3 is 12.1 Å². The van der Waals surface area contributed by atoms with Gasteiger partial charge in [0.25, 0.3) is 0 Å². The number of carbonyl (C=O) groups is 3. The quantitative estimate of drug-likeness (QED) is 0.469. The van der Waals surface area contributed by atoms with Gasteiger partial charge in [0, 0.05) is 32.2 Å². The molecule has 4 amide bonds. The van der Waals surface area contributed by atoms with Crippen molar-refractivity contribution in [1.82, 2.24) is 30.7 Å². The van der Waals surface area contributed by atoms with Crippen molar-refractivity contribution in [3.8, 4) is 0 Å². The molecule has 0 bridgehead atoms. The molecule has 0 radical (unpaired) electrons. The molecule has 0 spiro atoms. The van der Waals surface area contributed by atoms with Gasteiger partial charge in [0.05, 0.1) is 30.7 Å². The molecule has 9 heteroatoms. The van der Waals surface area contributed by atoms with Gasteiger partial charge in [0.2, 0.25) is 0 Å². The molecule has 2 aliphatic carbocycles. The Morgan fingerprint density at radius 2 is 1.22 bits per heavy atom. The van der Waals surface area contributed by atoms with E-state index in [1.165, 1.54) is 38.5 Å². The van der Waals surface area contributed by atoms with Gasteiger partial charge in [-0.25, -0.2) is 9.59 Å². The van der Waals surface area contributed by atoms with Crippen LogP contribution in [-0.2, 0) is 0 Å². The van der Waals surface area contributed by atoms with E-state index in [1.807, 2.05) is 30.3 Å². The lowest BCUT2D eigenvalue weighted by atomic mass is 9.89. The maximum absolute atomic E-state index is 12.4. The molecule has 1 aromatic rings. The number of fused-ring (bicyclic) bond motifs is 2. The van der Waals surface area contributed by atoms with Crippen LogP contribution in [0, 0.1) is 0 Å². The zero-order chi connectivity index (χ0) is 28.2. The number of urea groups is 2. The summed E-state index contributed by atoms with van der Waals surface area (Å²) in [5, 5.41) is 9.72. The zero-order valence-electron chi connectivity index (χ0n) is 24.4. The monoisotopic (exact) mass is 566 g/mol. The molecule has 226 valence electrons. The van der Waals surface area contributed by atoms with Crippen molar-refractivity contribution in [2.75, 3.05) is 32.7 Å². The van der Waals surface area contributed by atoms with E-state index >= 15 is 0 Å². The Kier molecular flexibility index (Phi) is 9.10. The van der Waals surface area contributed by atoms with E-state index in [-0.39, 0.29) is 19.3 Å². The normalized spacial score (nSPS) is 31.0. The Hall–Kier alpha value is -2.65. The molecular formula is C32H50N6O3. The van der Waals surface area contributed by atoms with Crippen LogP contribution in [0.4, 0.5) is 9.59 Å². The highest BCUT2D eigenvalue weighted by Gasteiger charge is 2.45. The van der Waals surface area contributed by atoms with E-state index in [9.17, 15) is 14.4 Å². The van der Waals surface area contributed by atoms with Gasteiger partial charge in [-0.2, -0.15) is 0 Å². The summed E-state index contributed by atoms with van der Waals surface area (Å²) in [6.45, 7) is 4.39.